The van der Waals surface area contributed by atoms with E-state index in [2.05, 4.69) is 0 Å². The molecule has 0 radical (unpaired) electrons. The summed E-state index contributed by atoms with van der Waals surface area (Å²) in [5.74, 6) is 0. The van der Waals surface area contributed by atoms with Gasteiger partial charge in [0.25, 0.3) is 0 Å². The van der Waals surface area contributed by atoms with Gasteiger partial charge in [0.15, 0.2) is 0 Å². The Labute approximate surface area is 65.1 Å². The van der Waals surface area contributed by atoms with Crippen LogP contribution in [0.2, 0.25) is 0 Å². The minimum absolute atomic E-state index is 0.0766. The van der Waals surface area contributed by atoms with Crippen LogP contribution in [0.5, 0.6) is 0 Å². The molecule has 0 bridgehead atoms. The Morgan fingerprint density at radius 1 is 1.64 bits per heavy atom. The van der Waals surface area contributed by atoms with Gasteiger partial charge in [0, 0.05) is 0 Å². The van der Waals surface area contributed by atoms with E-state index in [1.807, 2.05) is 0 Å². The summed E-state index contributed by atoms with van der Waals surface area (Å²) in [6.07, 6.45) is -2.99. The molecule has 0 aliphatic carbocycles. The van der Waals surface area contributed by atoms with Crippen molar-refractivity contribution < 1.29 is 21.9 Å². The third kappa shape index (κ3) is 3.71. The van der Waals surface area contributed by atoms with Crippen molar-refractivity contribution in [3.05, 3.63) is 0 Å². The van der Waals surface area contributed by atoms with Crippen molar-refractivity contribution >= 4 is 11.1 Å². The van der Waals surface area contributed by atoms with Gasteiger partial charge >= 0.3 is 5.25 Å². The maximum absolute atomic E-state index is 12.3. The number of halogens is 3. The van der Waals surface area contributed by atoms with Gasteiger partial charge in [0.2, 0.25) is 11.1 Å². The summed E-state index contributed by atoms with van der Waals surface area (Å²) < 4.78 is 54.5. The van der Waals surface area contributed by atoms with Crippen molar-refractivity contribution in [2.24, 2.45) is 0 Å². The van der Waals surface area contributed by atoms with Crippen molar-refractivity contribution in [2.45, 2.75) is 31.2 Å². The zero-order valence-electron chi connectivity index (χ0n) is 5.89. The molecule has 1 N–H and O–H groups in total. The van der Waals surface area contributed by atoms with Crippen LogP contribution in [0.3, 0.4) is 0 Å². The summed E-state index contributed by atoms with van der Waals surface area (Å²) in [6.45, 7) is 1.39. The molecule has 2 atom stereocenters. The van der Waals surface area contributed by atoms with Crippen molar-refractivity contribution in [3.63, 3.8) is 0 Å². The predicted octanol–water partition coefficient (Wildman–Crippen LogP) is 1.94. The van der Waals surface area contributed by atoms with E-state index in [1.54, 1.807) is 0 Å². The molecule has 0 aliphatic rings. The molecule has 6 heteroatoms. The topological polar surface area (TPSA) is 37.3 Å². The highest BCUT2D eigenvalue weighted by Crippen LogP contribution is 2.25. The zero-order chi connectivity index (χ0) is 9.07. The second-order valence-electron chi connectivity index (χ2n) is 2.10. The third-order valence-corrected chi connectivity index (χ3v) is 1.84. The average molecular weight is 190 g/mol. The van der Waals surface area contributed by atoms with Gasteiger partial charge in [0.05, 0.1) is 6.42 Å². The minimum Gasteiger partial charge on any atom is -0.301 e. The summed E-state index contributed by atoms with van der Waals surface area (Å²) in [6, 6.07) is 0. The Kier molecular flexibility index (Phi) is 4.02. The molecular weight excluding hydrogens is 181 g/mol. The molecular formula is C5H9F3O2S. The first kappa shape index (κ1) is 10.9. The first-order valence-corrected chi connectivity index (χ1v) is 4.13. The molecule has 0 amide bonds. The van der Waals surface area contributed by atoms with Crippen LogP contribution in [0.4, 0.5) is 13.2 Å². The molecule has 2 nitrogen and oxygen atoms in total. The van der Waals surface area contributed by atoms with E-state index in [4.69, 9.17) is 4.55 Å². The van der Waals surface area contributed by atoms with Gasteiger partial charge in [-0.15, -0.1) is 0 Å². The fraction of sp³-hybridized carbons (Fsp3) is 1.00. The Bertz CT molecular complexity index is 151. The van der Waals surface area contributed by atoms with Gasteiger partial charge in [-0.05, 0) is 6.42 Å². The molecule has 0 spiro atoms. The lowest BCUT2D eigenvalue weighted by Crippen LogP contribution is -2.26. The zero-order valence-corrected chi connectivity index (χ0v) is 6.71. The summed E-state index contributed by atoms with van der Waals surface area (Å²) in [4.78, 5) is 0. The molecule has 0 aliphatic heterocycles. The fourth-order valence-electron chi connectivity index (χ4n) is 0.473. The summed E-state index contributed by atoms with van der Waals surface area (Å²) in [5.41, 5.74) is 0. The lowest BCUT2D eigenvalue weighted by Gasteiger charge is -2.13. The Hall–Kier alpha value is -0.100. The molecule has 0 saturated heterocycles. The van der Waals surface area contributed by atoms with Gasteiger partial charge < -0.3 is 4.55 Å². The SMILES string of the molecule is CCC(F)CC(F)(F)S(=O)O. The van der Waals surface area contributed by atoms with Crippen LogP contribution in [0.15, 0.2) is 0 Å². The molecule has 0 aromatic heterocycles. The monoisotopic (exact) mass is 190 g/mol. The van der Waals surface area contributed by atoms with Gasteiger partial charge in [-0.3, -0.25) is 0 Å². The normalized spacial score (nSPS) is 17.9. The number of rotatable bonds is 4. The molecule has 68 valence electrons. The van der Waals surface area contributed by atoms with E-state index in [0.29, 0.717) is 0 Å². The van der Waals surface area contributed by atoms with E-state index in [0.717, 1.165) is 0 Å². The highest BCUT2D eigenvalue weighted by atomic mass is 32.2. The third-order valence-electron chi connectivity index (χ3n) is 1.16. The second kappa shape index (κ2) is 4.06. The van der Waals surface area contributed by atoms with Crippen molar-refractivity contribution in [1.82, 2.24) is 0 Å². The van der Waals surface area contributed by atoms with E-state index < -0.39 is 28.9 Å². The highest BCUT2D eigenvalue weighted by Gasteiger charge is 2.38. The number of hydrogen-bond donors (Lipinski definition) is 1. The quantitative estimate of drug-likeness (QED) is 0.688. The van der Waals surface area contributed by atoms with Gasteiger partial charge in [0.1, 0.15) is 6.17 Å². The van der Waals surface area contributed by atoms with Crippen molar-refractivity contribution in [3.8, 4) is 0 Å². The largest absolute Gasteiger partial charge is 0.347 e. The van der Waals surface area contributed by atoms with Crippen LogP contribution in [0.25, 0.3) is 0 Å². The molecule has 0 fully saturated rings. The number of hydrogen-bond acceptors (Lipinski definition) is 1. The average Bonchev–Trinajstić information content (AvgIpc) is 1.86. The lowest BCUT2D eigenvalue weighted by molar-refractivity contribution is 0.0506. The van der Waals surface area contributed by atoms with Crippen LogP contribution < -0.4 is 0 Å². The first-order chi connectivity index (χ1) is 4.90. The Morgan fingerprint density at radius 2 is 2.09 bits per heavy atom. The van der Waals surface area contributed by atoms with Crippen LogP contribution in [0.1, 0.15) is 19.8 Å². The molecule has 0 saturated carbocycles. The van der Waals surface area contributed by atoms with Crippen LogP contribution in [-0.2, 0) is 11.1 Å². The van der Waals surface area contributed by atoms with Crippen LogP contribution in [-0.4, -0.2) is 20.2 Å². The minimum atomic E-state index is -3.82. The Morgan fingerprint density at radius 3 is 2.36 bits per heavy atom. The Balaban J connectivity index is 4.01. The maximum Gasteiger partial charge on any atom is 0.347 e. The van der Waals surface area contributed by atoms with E-state index in [-0.39, 0.29) is 6.42 Å². The fourth-order valence-corrected chi connectivity index (χ4v) is 0.797. The van der Waals surface area contributed by atoms with Crippen LogP contribution in [0, 0.1) is 0 Å². The van der Waals surface area contributed by atoms with E-state index >= 15 is 0 Å². The van der Waals surface area contributed by atoms with Crippen molar-refractivity contribution in [2.75, 3.05) is 0 Å². The molecule has 0 rings (SSSR count). The summed E-state index contributed by atoms with van der Waals surface area (Å²) >= 11 is -3.27. The van der Waals surface area contributed by atoms with E-state index in [1.165, 1.54) is 6.92 Å². The van der Waals surface area contributed by atoms with Gasteiger partial charge in [-0.1, -0.05) is 6.92 Å². The molecule has 0 aromatic carbocycles. The maximum atomic E-state index is 12.3. The predicted molar refractivity (Wildman–Crippen MR) is 35.5 cm³/mol. The summed E-state index contributed by atoms with van der Waals surface area (Å²) in [5, 5.41) is -3.82. The number of alkyl halides is 3. The highest BCUT2D eigenvalue weighted by molar-refractivity contribution is 7.80. The second-order valence-corrected chi connectivity index (χ2v) is 3.19. The summed E-state index contributed by atoms with van der Waals surface area (Å²) in [7, 11) is 0. The van der Waals surface area contributed by atoms with Gasteiger partial charge in [-0.2, -0.15) is 8.78 Å². The standard InChI is InChI=1S/C5H9F3O2S/c1-2-4(6)3-5(7,8)11(9)10/h4H,2-3H2,1H3,(H,9,10). The van der Waals surface area contributed by atoms with Gasteiger partial charge in [-0.25, -0.2) is 8.60 Å². The molecule has 2 unspecified atom stereocenters. The molecule has 0 heterocycles. The van der Waals surface area contributed by atoms with Crippen molar-refractivity contribution in [1.29, 1.82) is 0 Å². The first-order valence-electron chi connectivity index (χ1n) is 3.03. The molecule has 11 heavy (non-hydrogen) atoms. The van der Waals surface area contributed by atoms with E-state index in [9.17, 15) is 17.4 Å². The smallest absolute Gasteiger partial charge is 0.301 e. The lowest BCUT2D eigenvalue weighted by atomic mass is 10.2. The van der Waals surface area contributed by atoms with Crippen LogP contribution >= 0.6 is 0 Å². The molecule has 0 aromatic rings.